The van der Waals surface area contributed by atoms with Crippen LogP contribution in [0.1, 0.15) is 26.5 Å². The van der Waals surface area contributed by atoms with Gasteiger partial charge in [0.25, 0.3) is 0 Å². The first-order valence-corrected chi connectivity index (χ1v) is 6.98. The van der Waals surface area contributed by atoms with Gasteiger partial charge in [-0.3, -0.25) is 0 Å². The quantitative estimate of drug-likeness (QED) is 0.525. The monoisotopic (exact) mass is 303 g/mol. The molecule has 1 amide bonds. The Morgan fingerprint density at radius 1 is 1.69 bits per heavy atom. The number of carbonyl (C=O) groups excluding carboxylic acids is 1. The third-order valence-corrected chi connectivity index (χ3v) is 3.58. The minimum atomic E-state index is -0.395. The van der Waals surface area contributed by atoms with E-state index in [9.17, 15) is 4.79 Å². The number of anilines is 1. The van der Waals surface area contributed by atoms with Gasteiger partial charge in [0, 0.05) is 0 Å². The van der Waals surface area contributed by atoms with Crippen molar-refractivity contribution in [3.63, 3.8) is 0 Å². The number of aromatic nitrogens is 1. The summed E-state index contributed by atoms with van der Waals surface area (Å²) in [5.41, 5.74) is 0.454. The van der Waals surface area contributed by atoms with Crippen LogP contribution >= 0.6 is 12.2 Å². The van der Waals surface area contributed by atoms with Gasteiger partial charge in [0.2, 0.25) is 0 Å². The molecule has 0 saturated carbocycles. The molecule has 1 heterocycles. The maximum atomic E-state index is 11.7. The van der Waals surface area contributed by atoms with E-state index in [0.29, 0.717) is 6.54 Å². The van der Waals surface area contributed by atoms with Gasteiger partial charge in [-0.25, -0.2) is 0 Å². The third-order valence-electron chi connectivity index (χ3n) is 1.76. The van der Waals surface area contributed by atoms with Crippen molar-refractivity contribution in [2.24, 2.45) is 10.4 Å². The molecule has 0 unspecified atom stereocenters. The minimum absolute atomic E-state index is 0.0129. The van der Waals surface area contributed by atoms with Crippen molar-refractivity contribution >= 4 is 42.5 Å². The number of hydrogen-bond donors (Lipinski definition) is 1. The summed E-state index contributed by atoms with van der Waals surface area (Å²) in [5.74, 6) is -0.0129. The van der Waals surface area contributed by atoms with Gasteiger partial charge in [-0.1, -0.05) is 0 Å². The zero-order chi connectivity index (χ0) is 12.2. The van der Waals surface area contributed by atoms with Crippen molar-refractivity contribution in [1.82, 2.24) is 4.98 Å². The standard InChI is InChI=1S/C10H13N3OSSe/c1-10(2,3)8(14)13-9-12-7(5-16-9)4-11-6-15/h5H,4H2,1-3H3,(H,12,13,14). The molecular weight excluding hydrogens is 289 g/mol. The van der Waals surface area contributed by atoms with Crippen LogP contribution in [0.25, 0.3) is 0 Å². The SMILES string of the molecule is CC(C)(C)C(=O)Nc1nc(CN=C=S)c[se]1. The van der Waals surface area contributed by atoms with Crippen LogP contribution in [0.4, 0.5) is 4.69 Å². The fourth-order valence-corrected chi connectivity index (χ4v) is 2.36. The van der Waals surface area contributed by atoms with Crippen LogP contribution in [-0.4, -0.2) is 30.6 Å². The summed E-state index contributed by atoms with van der Waals surface area (Å²) in [7, 11) is 0. The van der Waals surface area contributed by atoms with Crippen molar-refractivity contribution in [2.45, 2.75) is 27.3 Å². The Balaban J connectivity index is 2.65. The summed E-state index contributed by atoms with van der Waals surface area (Å²) in [4.78, 5) is 21.7. The van der Waals surface area contributed by atoms with E-state index in [0.717, 1.165) is 10.4 Å². The number of carbonyl (C=O) groups is 1. The Morgan fingerprint density at radius 2 is 2.38 bits per heavy atom. The van der Waals surface area contributed by atoms with E-state index >= 15 is 0 Å². The first-order valence-electron chi connectivity index (χ1n) is 4.73. The zero-order valence-electron chi connectivity index (χ0n) is 9.40. The molecule has 0 bridgehead atoms. The van der Waals surface area contributed by atoms with E-state index in [-0.39, 0.29) is 20.4 Å². The van der Waals surface area contributed by atoms with Gasteiger partial charge >= 0.3 is 106 Å². The molecule has 1 rings (SSSR count). The first-order chi connectivity index (χ1) is 7.43. The second-order valence-electron chi connectivity index (χ2n) is 4.26. The maximum absolute atomic E-state index is 11.7. The molecular formula is C10H13N3OSSe. The molecule has 4 nitrogen and oxygen atoms in total. The number of amides is 1. The van der Waals surface area contributed by atoms with Gasteiger partial charge in [0.15, 0.2) is 0 Å². The molecule has 0 atom stereocenters. The number of hydrogen-bond acceptors (Lipinski definition) is 4. The molecule has 86 valence electrons. The predicted octanol–water partition coefficient (Wildman–Crippen LogP) is 1.73. The Labute approximate surface area is 106 Å². The Hall–Kier alpha value is -0.801. The third kappa shape index (κ3) is 3.99. The van der Waals surface area contributed by atoms with Gasteiger partial charge in [-0.05, 0) is 0 Å². The number of aliphatic imine (C=N–C) groups is 1. The van der Waals surface area contributed by atoms with Crippen LogP contribution in [0.15, 0.2) is 9.93 Å². The van der Waals surface area contributed by atoms with E-state index in [1.807, 2.05) is 25.7 Å². The molecule has 0 fully saturated rings. The van der Waals surface area contributed by atoms with Crippen LogP contribution in [0.2, 0.25) is 0 Å². The van der Waals surface area contributed by atoms with Crippen molar-refractivity contribution in [3.8, 4) is 0 Å². The summed E-state index contributed by atoms with van der Waals surface area (Å²) in [6.07, 6.45) is 0. The Kier molecular flexibility index (Phi) is 4.56. The summed E-state index contributed by atoms with van der Waals surface area (Å²) < 4.78 is 0.738. The van der Waals surface area contributed by atoms with Crippen LogP contribution < -0.4 is 5.32 Å². The second kappa shape index (κ2) is 5.50. The summed E-state index contributed by atoms with van der Waals surface area (Å²) in [6.45, 7) is 6.06. The average molecular weight is 302 g/mol. The fourth-order valence-electron chi connectivity index (χ4n) is 0.835. The van der Waals surface area contributed by atoms with E-state index in [4.69, 9.17) is 0 Å². The number of thiocarbonyl (C=S) groups is 1. The molecule has 0 spiro atoms. The van der Waals surface area contributed by atoms with Crippen LogP contribution in [-0.2, 0) is 11.3 Å². The topological polar surface area (TPSA) is 54.4 Å². The first kappa shape index (κ1) is 13.3. The second-order valence-corrected chi connectivity index (χ2v) is 6.24. The molecule has 6 heteroatoms. The van der Waals surface area contributed by atoms with Crippen molar-refractivity contribution in [2.75, 3.05) is 5.32 Å². The molecule has 1 N–H and O–H groups in total. The van der Waals surface area contributed by atoms with Crippen LogP contribution in [0.5, 0.6) is 0 Å². The van der Waals surface area contributed by atoms with Crippen molar-refractivity contribution < 1.29 is 4.79 Å². The van der Waals surface area contributed by atoms with Gasteiger partial charge in [-0.2, -0.15) is 0 Å². The van der Waals surface area contributed by atoms with Crippen molar-refractivity contribution in [1.29, 1.82) is 0 Å². The van der Waals surface area contributed by atoms with Crippen LogP contribution in [0, 0.1) is 5.41 Å². The van der Waals surface area contributed by atoms with Gasteiger partial charge < -0.3 is 0 Å². The summed E-state index contributed by atoms with van der Waals surface area (Å²) in [6, 6.07) is 0. The molecule has 0 aliphatic carbocycles. The summed E-state index contributed by atoms with van der Waals surface area (Å²) >= 11 is 4.57. The van der Waals surface area contributed by atoms with Gasteiger partial charge in [0.1, 0.15) is 0 Å². The molecule has 1 aromatic rings. The van der Waals surface area contributed by atoms with E-state index < -0.39 is 5.41 Å². The average Bonchev–Trinajstić information content (AvgIpc) is 2.61. The molecule has 0 aliphatic heterocycles. The number of nitrogens with one attached hydrogen (secondary N) is 1. The summed E-state index contributed by atoms with van der Waals surface area (Å²) in [5, 5.41) is 5.12. The predicted molar refractivity (Wildman–Crippen MR) is 68.0 cm³/mol. The van der Waals surface area contributed by atoms with Gasteiger partial charge in [0.05, 0.1) is 0 Å². The number of rotatable bonds is 3. The molecule has 16 heavy (non-hydrogen) atoms. The van der Waals surface area contributed by atoms with E-state index in [1.54, 1.807) is 0 Å². The van der Waals surface area contributed by atoms with E-state index in [1.165, 1.54) is 0 Å². The molecule has 0 aliphatic rings. The van der Waals surface area contributed by atoms with E-state index in [2.05, 4.69) is 32.7 Å². The van der Waals surface area contributed by atoms with Crippen LogP contribution in [0.3, 0.4) is 0 Å². The van der Waals surface area contributed by atoms with Gasteiger partial charge in [-0.15, -0.1) is 0 Å². The van der Waals surface area contributed by atoms with Crippen molar-refractivity contribution in [3.05, 3.63) is 10.6 Å². The zero-order valence-corrected chi connectivity index (χ0v) is 11.9. The molecule has 1 aromatic heterocycles. The Morgan fingerprint density at radius 3 is 2.94 bits per heavy atom. The Bertz CT molecular complexity index is 430. The molecule has 0 saturated heterocycles. The number of nitrogens with zero attached hydrogens (tertiary/aromatic N) is 2. The number of isothiocyanates is 1. The molecule has 0 radical (unpaired) electrons. The normalized spacial score (nSPS) is 10.7. The fraction of sp³-hybridized carbons (Fsp3) is 0.500. The molecule has 0 aromatic carbocycles.